The zero-order valence-electron chi connectivity index (χ0n) is 11.4. The van der Waals surface area contributed by atoms with E-state index in [9.17, 15) is 23.3 Å². The number of nitrogens with zero attached hydrogens (tertiary/aromatic N) is 2. The number of rotatable bonds is 4. The van der Waals surface area contributed by atoms with Gasteiger partial charge in [-0.1, -0.05) is 0 Å². The summed E-state index contributed by atoms with van der Waals surface area (Å²) in [6, 6.07) is 2.33. The molecule has 2 rings (SSSR count). The molecule has 0 aliphatic carbocycles. The lowest BCUT2D eigenvalue weighted by Gasteiger charge is -2.35. The molecule has 1 N–H and O–H groups in total. The summed E-state index contributed by atoms with van der Waals surface area (Å²) in [5, 5.41) is 19.6. The predicted molar refractivity (Wildman–Crippen MR) is 72.5 cm³/mol. The molecule has 0 radical (unpaired) electrons. The second-order valence-electron chi connectivity index (χ2n) is 5.00. The van der Waals surface area contributed by atoms with Gasteiger partial charge in [0.25, 0.3) is 5.69 Å². The van der Waals surface area contributed by atoms with Gasteiger partial charge in [0.15, 0.2) is 0 Å². The number of carboxylic acid groups (broad SMARTS) is 1. The molecule has 8 nitrogen and oxygen atoms in total. The van der Waals surface area contributed by atoms with E-state index in [-0.39, 0.29) is 23.7 Å². The van der Waals surface area contributed by atoms with Crippen molar-refractivity contribution in [1.82, 2.24) is 4.31 Å². The summed E-state index contributed by atoms with van der Waals surface area (Å²) in [6.07, 6.45) is 0. The first-order valence-corrected chi connectivity index (χ1v) is 7.57. The molecule has 0 atom stereocenters. The fraction of sp³-hybridized carbons (Fsp3) is 0.417. The summed E-state index contributed by atoms with van der Waals surface area (Å²) < 4.78 is 25.9. The highest BCUT2D eigenvalue weighted by Crippen LogP contribution is 2.31. The Labute approximate surface area is 121 Å². The molecule has 0 saturated carbocycles. The average Bonchev–Trinajstić information content (AvgIpc) is 2.28. The molecule has 0 unspecified atom stereocenters. The topological polar surface area (TPSA) is 118 Å². The molecule has 0 amide bonds. The van der Waals surface area contributed by atoms with Gasteiger partial charge in [-0.3, -0.25) is 14.9 Å². The van der Waals surface area contributed by atoms with Gasteiger partial charge in [0.2, 0.25) is 10.0 Å². The number of sulfonamides is 1. The highest BCUT2D eigenvalue weighted by Gasteiger charge is 2.41. The Balaban J connectivity index is 2.42. The molecule has 21 heavy (non-hydrogen) atoms. The highest BCUT2D eigenvalue weighted by molar-refractivity contribution is 7.89. The van der Waals surface area contributed by atoms with Crippen LogP contribution in [-0.4, -0.2) is 41.8 Å². The Morgan fingerprint density at radius 2 is 1.95 bits per heavy atom. The minimum Gasteiger partial charge on any atom is -0.481 e. The summed E-state index contributed by atoms with van der Waals surface area (Å²) in [4.78, 5) is 20.8. The highest BCUT2D eigenvalue weighted by atomic mass is 32.2. The molecule has 0 aromatic heterocycles. The van der Waals surface area contributed by atoms with E-state index in [0.717, 1.165) is 10.4 Å². The predicted octanol–water partition coefficient (Wildman–Crippen LogP) is 0.917. The summed E-state index contributed by atoms with van der Waals surface area (Å²) in [5.74, 6) is -1.77. The molecule has 0 bridgehead atoms. The van der Waals surface area contributed by atoms with Crippen molar-refractivity contribution >= 4 is 21.7 Å². The lowest BCUT2D eigenvalue weighted by molar-refractivity contribution is -0.385. The quantitative estimate of drug-likeness (QED) is 0.652. The first kappa shape index (κ1) is 15.4. The number of carboxylic acids is 1. The molecule has 1 aliphatic heterocycles. The Morgan fingerprint density at radius 1 is 1.38 bits per heavy atom. The molecular formula is C12H14N2O6S. The van der Waals surface area contributed by atoms with Crippen molar-refractivity contribution in [3.8, 4) is 0 Å². The fourth-order valence-electron chi connectivity index (χ4n) is 2.11. The van der Waals surface area contributed by atoms with Crippen molar-refractivity contribution in [3.63, 3.8) is 0 Å². The van der Waals surface area contributed by atoms with Crippen LogP contribution in [0.5, 0.6) is 0 Å². The first-order valence-electron chi connectivity index (χ1n) is 6.13. The van der Waals surface area contributed by atoms with Crippen LogP contribution in [0.4, 0.5) is 5.69 Å². The molecule has 1 aliphatic rings. The van der Waals surface area contributed by atoms with Crippen molar-refractivity contribution in [2.45, 2.75) is 18.7 Å². The van der Waals surface area contributed by atoms with Gasteiger partial charge in [-0.05, 0) is 25.0 Å². The zero-order chi connectivity index (χ0) is 15.9. The SMILES string of the molecule is Cc1cc([N+](=O)[O-])cc(S(=O)(=O)N2CC(C(=O)O)C2)c1C. The first-order chi connectivity index (χ1) is 9.64. The minimum atomic E-state index is -3.91. The van der Waals surface area contributed by atoms with E-state index >= 15 is 0 Å². The van der Waals surface area contributed by atoms with Gasteiger partial charge in [0.1, 0.15) is 0 Å². The van der Waals surface area contributed by atoms with Crippen LogP contribution in [-0.2, 0) is 14.8 Å². The summed E-state index contributed by atoms with van der Waals surface area (Å²) in [5.41, 5.74) is 0.629. The van der Waals surface area contributed by atoms with Crippen molar-refractivity contribution in [3.05, 3.63) is 33.4 Å². The third kappa shape index (κ3) is 2.61. The fourth-order valence-corrected chi connectivity index (χ4v) is 3.96. The third-order valence-corrected chi connectivity index (χ3v) is 5.59. The van der Waals surface area contributed by atoms with Crippen LogP contribution in [0.25, 0.3) is 0 Å². The van der Waals surface area contributed by atoms with Gasteiger partial charge >= 0.3 is 5.97 Å². The van der Waals surface area contributed by atoms with Gasteiger partial charge in [0.05, 0.1) is 15.7 Å². The molecule has 0 spiro atoms. The van der Waals surface area contributed by atoms with Gasteiger partial charge in [-0.2, -0.15) is 4.31 Å². The van der Waals surface area contributed by atoms with Crippen molar-refractivity contribution in [1.29, 1.82) is 0 Å². The molecule has 1 aromatic rings. The van der Waals surface area contributed by atoms with Crippen LogP contribution in [0, 0.1) is 29.9 Å². The standard InChI is InChI=1S/C12H14N2O6S/c1-7-3-10(14(17)18)4-11(8(7)2)21(19,20)13-5-9(6-13)12(15)16/h3-4,9H,5-6H2,1-2H3,(H,15,16). The maximum absolute atomic E-state index is 12.4. The summed E-state index contributed by atoms with van der Waals surface area (Å²) in [6.45, 7) is 2.94. The molecule has 114 valence electrons. The second kappa shape index (κ2) is 5.08. The number of carbonyl (C=O) groups is 1. The van der Waals surface area contributed by atoms with Gasteiger partial charge in [-0.25, -0.2) is 8.42 Å². The Kier molecular flexibility index (Phi) is 3.72. The van der Waals surface area contributed by atoms with E-state index in [4.69, 9.17) is 5.11 Å². The number of nitro benzene ring substituents is 1. The van der Waals surface area contributed by atoms with Gasteiger partial charge in [0, 0.05) is 25.2 Å². The van der Waals surface area contributed by atoms with E-state index in [1.807, 2.05) is 0 Å². The average molecular weight is 314 g/mol. The van der Waals surface area contributed by atoms with Crippen LogP contribution >= 0.6 is 0 Å². The molecule has 1 saturated heterocycles. The number of hydrogen-bond donors (Lipinski definition) is 1. The number of non-ortho nitro benzene ring substituents is 1. The number of aliphatic carboxylic acids is 1. The molecule has 1 heterocycles. The van der Waals surface area contributed by atoms with Gasteiger partial charge in [-0.15, -0.1) is 0 Å². The van der Waals surface area contributed by atoms with Crippen LogP contribution in [0.15, 0.2) is 17.0 Å². The normalized spacial score (nSPS) is 16.5. The lowest BCUT2D eigenvalue weighted by atomic mass is 10.0. The smallest absolute Gasteiger partial charge is 0.309 e. The minimum absolute atomic E-state index is 0.112. The number of nitro groups is 1. The molecule has 1 aromatic carbocycles. The maximum Gasteiger partial charge on any atom is 0.309 e. The monoisotopic (exact) mass is 314 g/mol. The lowest BCUT2D eigenvalue weighted by Crippen LogP contribution is -2.52. The zero-order valence-corrected chi connectivity index (χ0v) is 12.3. The number of aryl methyl sites for hydroxylation is 1. The van der Waals surface area contributed by atoms with E-state index in [1.165, 1.54) is 6.07 Å². The van der Waals surface area contributed by atoms with E-state index in [1.54, 1.807) is 13.8 Å². The Hall–Kier alpha value is -2.00. The second-order valence-corrected chi connectivity index (χ2v) is 6.91. The van der Waals surface area contributed by atoms with Gasteiger partial charge < -0.3 is 5.11 Å². The van der Waals surface area contributed by atoms with Crippen molar-refractivity contribution in [2.75, 3.05) is 13.1 Å². The van der Waals surface area contributed by atoms with Crippen LogP contribution in [0.2, 0.25) is 0 Å². The van der Waals surface area contributed by atoms with Crippen LogP contribution in [0.1, 0.15) is 11.1 Å². The molecule has 1 fully saturated rings. The Bertz CT molecular complexity index is 722. The van der Waals surface area contributed by atoms with E-state index < -0.39 is 26.8 Å². The maximum atomic E-state index is 12.4. The number of benzene rings is 1. The van der Waals surface area contributed by atoms with E-state index in [0.29, 0.717) is 11.1 Å². The third-order valence-electron chi connectivity index (χ3n) is 3.63. The summed E-state index contributed by atoms with van der Waals surface area (Å²) >= 11 is 0. The Morgan fingerprint density at radius 3 is 2.43 bits per heavy atom. The van der Waals surface area contributed by atoms with Crippen LogP contribution < -0.4 is 0 Å². The van der Waals surface area contributed by atoms with Crippen molar-refractivity contribution in [2.24, 2.45) is 5.92 Å². The number of hydrogen-bond acceptors (Lipinski definition) is 5. The summed E-state index contributed by atoms with van der Waals surface area (Å²) in [7, 11) is -3.91. The van der Waals surface area contributed by atoms with Crippen molar-refractivity contribution < 1.29 is 23.2 Å². The van der Waals surface area contributed by atoms with E-state index in [2.05, 4.69) is 0 Å². The largest absolute Gasteiger partial charge is 0.481 e. The molecular weight excluding hydrogens is 300 g/mol. The molecule has 9 heteroatoms. The van der Waals surface area contributed by atoms with Crippen LogP contribution in [0.3, 0.4) is 0 Å².